The highest BCUT2D eigenvalue weighted by atomic mass is 35.5. The molecule has 0 saturated carbocycles. The summed E-state index contributed by atoms with van der Waals surface area (Å²) >= 11 is 7.88. The second kappa shape index (κ2) is 11.9. The third kappa shape index (κ3) is 6.11. The molecule has 38 heavy (non-hydrogen) atoms. The molecule has 3 heterocycles. The first-order valence-electron chi connectivity index (χ1n) is 12.6. The van der Waals surface area contributed by atoms with Gasteiger partial charge in [-0.15, -0.1) is 11.3 Å². The van der Waals surface area contributed by atoms with Crippen LogP contribution in [-0.4, -0.2) is 41.3 Å². The molecule has 196 valence electrons. The lowest BCUT2D eigenvalue weighted by atomic mass is 10.00. The number of aryl methyl sites for hydroxylation is 1. The monoisotopic (exact) mass is 548 g/mol. The number of amides is 2. The Kier molecular flexibility index (Phi) is 8.15. The highest BCUT2D eigenvalue weighted by Gasteiger charge is 2.33. The Morgan fingerprint density at radius 1 is 1.13 bits per heavy atom. The number of rotatable bonds is 9. The second-order valence-electron chi connectivity index (χ2n) is 9.37. The maximum Gasteiger partial charge on any atom is 0.242 e. The molecule has 0 radical (unpaired) electrons. The van der Waals surface area contributed by atoms with E-state index in [4.69, 9.17) is 20.8 Å². The van der Waals surface area contributed by atoms with Gasteiger partial charge in [0.2, 0.25) is 11.8 Å². The number of fused-ring (bicyclic) bond motifs is 1. The van der Waals surface area contributed by atoms with Crippen LogP contribution in [-0.2, 0) is 29.0 Å². The number of benzene rings is 2. The predicted octanol–water partition coefficient (Wildman–Crippen LogP) is 6.08. The van der Waals surface area contributed by atoms with Crippen LogP contribution in [0.3, 0.4) is 0 Å². The van der Waals surface area contributed by atoms with Crippen molar-refractivity contribution < 1.29 is 18.7 Å². The van der Waals surface area contributed by atoms with Gasteiger partial charge < -0.3 is 19.0 Å². The molecule has 4 aromatic rings. The van der Waals surface area contributed by atoms with Gasteiger partial charge in [0.15, 0.2) is 0 Å². The van der Waals surface area contributed by atoms with Gasteiger partial charge in [0.1, 0.15) is 24.7 Å². The molecule has 1 atom stereocenters. The first kappa shape index (κ1) is 26.1. The number of thiophene rings is 1. The molecule has 1 aliphatic heterocycles. The molecular weight excluding hydrogens is 520 g/mol. The molecule has 8 heteroatoms. The molecule has 0 aliphatic carbocycles. The largest absolute Gasteiger partial charge is 0.491 e. The van der Waals surface area contributed by atoms with Gasteiger partial charge in [-0.2, -0.15) is 0 Å². The van der Waals surface area contributed by atoms with Crippen LogP contribution in [0.5, 0.6) is 5.75 Å². The quantitative estimate of drug-likeness (QED) is 0.254. The van der Waals surface area contributed by atoms with E-state index in [1.165, 1.54) is 4.88 Å². The standard InChI is InChI=1S/C30H29ClN2O4S/c1-21-16-23(9-10-26(21)31)37-20-27-25-12-15-38-28(25)11-13-33(27)30(35)19-32(18-24-8-5-14-36-24)29(34)17-22-6-3-2-4-7-22/h2-10,12,14-16,27H,11,13,17-20H2,1H3/t27-/m1/s1. The van der Waals surface area contributed by atoms with Crippen molar-refractivity contribution in [2.45, 2.75) is 32.4 Å². The van der Waals surface area contributed by atoms with Gasteiger partial charge in [0.05, 0.1) is 25.3 Å². The fourth-order valence-electron chi connectivity index (χ4n) is 4.72. The molecule has 1 aliphatic rings. The van der Waals surface area contributed by atoms with Crippen molar-refractivity contribution in [2.24, 2.45) is 0 Å². The molecule has 0 fully saturated rings. The van der Waals surface area contributed by atoms with Crippen molar-refractivity contribution in [3.63, 3.8) is 0 Å². The number of hydrogen-bond acceptors (Lipinski definition) is 5. The zero-order valence-corrected chi connectivity index (χ0v) is 22.7. The van der Waals surface area contributed by atoms with Crippen molar-refractivity contribution in [1.29, 1.82) is 0 Å². The van der Waals surface area contributed by atoms with E-state index >= 15 is 0 Å². The minimum absolute atomic E-state index is 0.0393. The second-order valence-corrected chi connectivity index (χ2v) is 10.8. The molecule has 0 saturated heterocycles. The molecule has 0 unspecified atom stereocenters. The van der Waals surface area contributed by atoms with Crippen LogP contribution in [0.25, 0.3) is 0 Å². The van der Waals surface area contributed by atoms with Crippen molar-refractivity contribution in [2.75, 3.05) is 19.7 Å². The van der Waals surface area contributed by atoms with Crippen LogP contribution in [0.4, 0.5) is 0 Å². The molecule has 5 rings (SSSR count). The summed E-state index contributed by atoms with van der Waals surface area (Å²) in [7, 11) is 0. The summed E-state index contributed by atoms with van der Waals surface area (Å²) in [5.41, 5.74) is 2.94. The van der Waals surface area contributed by atoms with E-state index in [9.17, 15) is 9.59 Å². The highest BCUT2D eigenvalue weighted by Crippen LogP contribution is 2.34. The average molecular weight is 549 g/mol. The van der Waals surface area contributed by atoms with Crippen molar-refractivity contribution in [3.8, 4) is 5.75 Å². The fourth-order valence-corrected chi connectivity index (χ4v) is 5.76. The van der Waals surface area contributed by atoms with E-state index in [-0.39, 0.29) is 37.4 Å². The summed E-state index contributed by atoms with van der Waals surface area (Å²) in [6, 6.07) is 20.5. The van der Waals surface area contributed by atoms with E-state index in [0.717, 1.165) is 23.1 Å². The normalized spacial score (nSPS) is 14.7. The lowest BCUT2D eigenvalue weighted by Crippen LogP contribution is -2.47. The fraction of sp³-hybridized carbons (Fsp3) is 0.267. The van der Waals surface area contributed by atoms with Crippen molar-refractivity contribution >= 4 is 34.8 Å². The highest BCUT2D eigenvalue weighted by molar-refractivity contribution is 7.10. The molecular formula is C30H29ClN2O4S. The molecule has 2 amide bonds. The Morgan fingerprint density at radius 2 is 1.97 bits per heavy atom. The topological polar surface area (TPSA) is 63.0 Å². The van der Waals surface area contributed by atoms with Crippen LogP contribution < -0.4 is 4.74 Å². The van der Waals surface area contributed by atoms with Crippen LogP contribution in [0.2, 0.25) is 5.02 Å². The smallest absolute Gasteiger partial charge is 0.242 e. The molecule has 0 bridgehead atoms. The summed E-state index contributed by atoms with van der Waals surface area (Å²) in [5, 5.41) is 2.74. The lowest BCUT2D eigenvalue weighted by molar-refractivity contribution is -0.143. The Bertz CT molecular complexity index is 1390. The molecule has 0 spiro atoms. The first-order chi connectivity index (χ1) is 18.5. The maximum atomic E-state index is 13.8. The summed E-state index contributed by atoms with van der Waals surface area (Å²) in [6.07, 6.45) is 2.57. The summed E-state index contributed by atoms with van der Waals surface area (Å²) in [4.78, 5) is 31.8. The lowest BCUT2D eigenvalue weighted by Gasteiger charge is -2.37. The van der Waals surface area contributed by atoms with Crippen LogP contribution in [0.15, 0.2) is 82.8 Å². The average Bonchev–Trinajstić information content (AvgIpc) is 3.61. The minimum Gasteiger partial charge on any atom is -0.491 e. The number of ether oxygens (including phenoxy) is 1. The number of furan rings is 1. The predicted molar refractivity (Wildman–Crippen MR) is 148 cm³/mol. The minimum atomic E-state index is -0.247. The number of hydrogen-bond donors (Lipinski definition) is 0. The SMILES string of the molecule is Cc1cc(OC[C@@H]2c3ccsc3CCN2C(=O)CN(Cc2ccco2)C(=O)Cc2ccccc2)ccc1Cl. The van der Waals surface area contributed by atoms with Gasteiger partial charge >= 0.3 is 0 Å². The third-order valence-electron chi connectivity index (χ3n) is 6.76. The molecule has 2 aromatic carbocycles. The van der Waals surface area contributed by atoms with Gasteiger partial charge in [-0.25, -0.2) is 0 Å². The zero-order valence-electron chi connectivity index (χ0n) is 21.1. The number of carbonyl (C=O) groups excluding carboxylic acids is 2. The van der Waals surface area contributed by atoms with E-state index < -0.39 is 0 Å². The summed E-state index contributed by atoms with van der Waals surface area (Å²) < 4.78 is 11.7. The van der Waals surface area contributed by atoms with Gasteiger partial charge in [-0.1, -0.05) is 41.9 Å². The first-order valence-corrected chi connectivity index (χ1v) is 13.8. The van der Waals surface area contributed by atoms with Gasteiger partial charge in [-0.3, -0.25) is 9.59 Å². The number of carbonyl (C=O) groups is 2. The van der Waals surface area contributed by atoms with Gasteiger partial charge in [0, 0.05) is 16.4 Å². The van der Waals surface area contributed by atoms with Crippen molar-refractivity contribution in [1.82, 2.24) is 9.80 Å². The zero-order chi connectivity index (χ0) is 26.5. The van der Waals surface area contributed by atoms with Crippen LogP contribution >= 0.6 is 22.9 Å². The van der Waals surface area contributed by atoms with E-state index in [0.29, 0.717) is 29.7 Å². The van der Waals surface area contributed by atoms with Gasteiger partial charge in [0.25, 0.3) is 0 Å². The van der Waals surface area contributed by atoms with E-state index in [1.807, 2.05) is 66.4 Å². The van der Waals surface area contributed by atoms with Gasteiger partial charge in [-0.05, 0) is 71.8 Å². The molecule has 0 N–H and O–H groups in total. The Hall–Kier alpha value is -3.55. The summed E-state index contributed by atoms with van der Waals surface area (Å²) in [5.74, 6) is 1.10. The van der Waals surface area contributed by atoms with E-state index in [2.05, 4.69) is 11.4 Å². The molecule has 6 nitrogen and oxygen atoms in total. The Balaban J connectivity index is 1.34. The third-order valence-corrected chi connectivity index (χ3v) is 8.18. The maximum absolute atomic E-state index is 13.8. The molecule has 2 aromatic heterocycles. The number of nitrogens with zero attached hydrogens (tertiary/aromatic N) is 2. The van der Waals surface area contributed by atoms with Crippen LogP contribution in [0, 0.1) is 6.92 Å². The van der Waals surface area contributed by atoms with E-state index in [1.54, 1.807) is 28.6 Å². The summed E-state index contributed by atoms with van der Waals surface area (Å²) in [6.45, 7) is 3.01. The number of halogens is 1. The Labute approximate surface area is 231 Å². The van der Waals surface area contributed by atoms with Crippen molar-refractivity contribution in [3.05, 3.63) is 111 Å². The Morgan fingerprint density at radius 3 is 2.74 bits per heavy atom. The van der Waals surface area contributed by atoms with Crippen LogP contribution in [0.1, 0.15) is 33.4 Å².